The van der Waals surface area contributed by atoms with Crippen molar-refractivity contribution in [2.75, 3.05) is 0 Å². The summed E-state index contributed by atoms with van der Waals surface area (Å²) in [4.78, 5) is 16.2. The number of furan rings is 1. The molecule has 22 heavy (non-hydrogen) atoms. The van der Waals surface area contributed by atoms with Crippen molar-refractivity contribution in [1.82, 2.24) is 15.5 Å². The molecule has 1 amide bonds. The van der Waals surface area contributed by atoms with Gasteiger partial charge in [0.15, 0.2) is 5.76 Å². The van der Waals surface area contributed by atoms with E-state index in [1.54, 1.807) is 31.2 Å². The minimum atomic E-state index is -0.457. The van der Waals surface area contributed by atoms with Crippen LogP contribution in [0.5, 0.6) is 0 Å². The summed E-state index contributed by atoms with van der Waals surface area (Å²) in [6, 6.07) is 9.95. The van der Waals surface area contributed by atoms with Gasteiger partial charge in [0.05, 0.1) is 11.3 Å². The Morgan fingerprint density at radius 2 is 2.09 bits per heavy atom. The lowest BCUT2D eigenvalue weighted by Crippen LogP contribution is -2.26. The number of amides is 1. The van der Waals surface area contributed by atoms with E-state index in [4.69, 9.17) is 20.5 Å². The molecule has 0 saturated carbocycles. The highest BCUT2D eigenvalue weighted by Gasteiger charge is 2.19. The molecule has 0 fully saturated rings. The average Bonchev–Trinajstić information content (AvgIpc) is 3.19. The molecule has 2 heterocycles. The SMILES string of the molecule is C[C@@H](NC(=O)c1ccco1)c1nc(-c2ccccc2Cl)no1. The zero-order valence-corrected chi connectivity index (χ0v) is 12.4. The van der Waals surface area contributed by atoms with E-state index in [1.165, 1.54) is 6.26 Å². The van der Waals surface area contributed by atoms with Crippen LogP contribution in [0.25, 0.3) is 11.4 Å². The minimum Gasteiger partial charge on any atom is -0.459 e. The molecule has 0 spiro atoms. The lowest BCUT2D eigenvalue weighted by atomic mass is 10.2. The third kappa shape index (κ3) is 2.87. The van der Waals surface area contributed by atoms with Crippen LogP contribution in [0, 0.1) is 0 Å². The van der Waals surface area contributed by atoms with Gasteiger partial charge in [-0.25, -0.2) is 0 Å². The van der Waals surface area contributed by atoms with Crippen molar-refractivity contribution in [3.05, 3.63) is 59.3 Å². The zero-order valence-electron chi connectivity index (χ0n) is 11.6. The predicted molar refractivity (Wildman–Crippen MR) is 79.3 cm³/mol. The third-order valence-corrected chi connectivity index (χ3v) is 3.35. The second-order valence-corrected chi connectivity index (χ2v) is 5.02. The Morgan fingerprint density at radius 3 is 2.82 bits per heavy atom. The Kier molecular flexibility index (Phi) is 3.93. The van der Waals surface area contributed by atoms with Gasteiger partial charge in [0.2, 0.25) is 11.7 Å². The predicted octanol–water partition coefficient (Wildman–Crippen LogP) is 3.47. The molecule has 1 N–H and O–H groups in total. The van der Waals surface area contributed by atoms with Gasteiger partial charge in [0, 0.05) is 5.56 Å². The second kappa shape index (κ2) is 6.03. The molecular formula is C15H12ClN3O3. The average molecular weight is 318 g/mol. The molecule has 3 rings (SSSR count). The van der Waals surface area contributed by atoms with E-state index in [-0.39, 0.29) is 17.6 Å². The van der Waals surface area contributed by atoms with Crippen molar-refractivity contribution in [3.8, 4) is 11.4 Å². The maximum Gasteiger partial charge on any atom is 0.287 e. The number of nitrogens with zero attached hydrogens (tertiary/aromatic N) is 2. The summed E-state index contributed by atoms with van der Waals surface area (Å²) in [7, 11) is 0. The first-order valence-electron chi connectivity index (χ1n) is 6.58. The van der Waals surface area contributed by atoms with E-state index in [0.29, 0.717) is 16.4 Å². The fourth-order valence-electron chi connectivity index (χ4n) is 1.90. The molecule has 6 nitrogen and oxygen atoms in total. The highest BCUT2D eigenvalue weighted by Crippen LogP contribution is 2.26. The van der Waals surface area contributed by atoms with Gasteiger partial charge >= 0.3 is 0 Å². The normalized spacial score (nSPS) is 12.1. The smallest absolute Gasteiger partial charge is 0.287 e. The summed E-state index contributed by atoms with van der Waals surface area (Å²) in [5.41, 5.74) is 0.670. The van der Waals surface area contributed by atoms with Gasteiger partial charge in [-0.1, -0.05) is 28.9 Å². The number of benzene rings is 1. The third-order valence-electron chi connectivity index (χ3n) is 3.02. The van der Waals surface area contributed by atoms with E-state index in [1.807, 2.05) is 12.1 Å². The van der Waals surface area contributed by atoms with E-state index >= 15 is 0 Å². The van der Waals surface area contributed by atoms with E-state index in [9.17, 15) is 4.79 Å². The van der Waals surface area contributed by atoms with Gasteiger partial charge in [-0.15, -0.1) is 0 Å². The fraction of sp³-hybridized carbons (Fsp3) is 0.133. The molecule has 0 saturated heterocycles. The van der Waals surface area contributed by atoms with Crippen molar-refractivity contribution >= 4 is 17.5 Å². The van der Waals surface area contributed by atoms with Crippen molar-refractivity contribution < 1.29 is 13.7 Å². The number of hydrogen-bond donors (Lipinski definition) is 1. The first kappa shape index (κ1) is 14.3. The van der Waals surface area contributed by atoms with Crippen LogP contribution in [0.4, 0.5) is 0 Å². The summed E-state index contributed by atoms with van der Waals surface area (Å²) in [6.45, 7) is 1.74. The molecule has 2 aromatic heterocycles. The van der Waals surface area contributed by atoms with Crippen LogP contribution in [-0.2, 0) is 0 Å². The molecule has 0 aliphatic rings. The van der Waals surface area contributed by atoms with Crippen LogP contribution < -0.4 is 5.32 Å². The van der Waals surface area contributed by atoms with Gasteiger partial charge in [-0.2, -0.15) is 4.98 Å². The summed E-state index contributed by atoms with van der Waals surface area (Å²) < 4.78 is 10.2. The number of halogens is 1. The van der Waals surface area contributed by atoms with E-state index in [0.717, 1.165) is 0 Å². The van der Waals surface area contributed by atoms with E-state index in [2.05, 4.69) is 15.5 Å². The van der Waals surface area contributed by atoms with Gasteiger partial charge in [-0.3, -0.25) is 4.79 Å². The number of hydrogen-bond acceptors (Lipinski definition) is 5. The van der Waals surface area contributed by atoms with Crippen LogP contribution in [0.1, 0.15) is 29.4 Å². The highest BCUT2D eigenvalue weighted by molar-refractivity contribution is 6.33. The lowest BCUT2D eigenvalue weighted by Gasteiger charge is -2.07. The zero-order chi connectivity index (χ0) is 15.5. The molecular weight excluding hydrogens is 306 g/mol. The summed E-state index contributed by atoms with van der Waals surface area (Å²) in [6.07, 6.45) is 1.43. The monoisotopic (exact) mass is 317 g/mol. The molecule has 0 aliphatic heterocycles. The van der Waals surface area contributed by atoms with Crippen molar-refractivity contribution in [1.29, 1.82) is 0 Å². The number of carbonyl (C=O) groups is 1. The number of nitrogens with one attached hydrogen (secondary N) is 1. The number of carbonyl (C=O) groups excluding carboxylic acids is 1. The standard InChI is InChI=1S/C15H12ClN3O3/c1-9(17-14(20)12-7-4-8-21-12)15-18-13(19-22-15)10-5-2-3-6-11(10)16/h2-9H,1H3,(H,17,20)/t9-/m1/s1. The molecule has 7 heteroatoms. The van der Waals surface area contributed by atoms with Crippen LogP contribution in [-0.4, -0.2) is 16.0 Å². The molecule has 0 unspecified atom stereocenters. The molecule has 1 aromatic carbocycles. The van der Waals surface area contributed by atoms with E-state index < -0.39 is 6.04 Å². The van der Waals surface area contributed by atoms with Crippen LogP contribution in [0.2, 0.25) is 5.02 Å². The lowest BCUT2D eigenvalue weighted by molar-refractivity contribution is 0.0904. The first-order chi connectivity index (χ1) is 10.6. The summed E-state index contributed by atoms with van der Waals surface area (Å²) in [5.74, 6) is 0.530. The topological polar surface area (TPSA) is 81.2 Å². The maximum absolute atomic E-state index is 11.9. The Bertz CT molecular complexity index is 783. The quantitative estimate of drug-likeness (QED) is 0.796. The Hall–Kier alpha value is -2.60. The molecule has 3 aromatic rings. The van der Waals surface area contributed by atoms with Crippen molar-refractivity contribution in [2.45, 2.75) is 13.0 Å². The van der Waals surface area contributed by atoms with Crippen LogP contribution in [0.3, 0.4) is 0 Å². The van der Waals surface area contributed by atoms with Crippen LogP contribution in [0.15, 0.2) is 51.6 Å². The van der Waals surface area contributed by atoms with Crippen LogP contribution >= 0.6 is 11.6 Å². The number of rotatable bonds is 4. The Morgan fingerprint density at radius 1 is 1.27 bits per heavy atom. The van der Waals surface area contributed by atoms with Gasteiger partial charge in [0.25, 0.3) is 5.91 Å². The van der Waals surface area contributed by atoms with Crippen molar-refractivity contribution in [3.63, 3.8) is 0 Å². The summed E-state index contributed by atoms with van der Waals surface area (Å²) in [5, 5.41) is 7.14. The number of aromatic nitrogens is 2. The van der Waals surface area contributed by atoms with Gasteiger partial charge in [0.1, 0.15) is 6.04 Å². The Labute approximate surface area is 131 Å². The molecule has 112 valence electrons. The molecule has 0 aliphatic carbocycles. The largest absolute Gasteiger partial charge is 0.459 e. The molecule has 0 bridgehead atoms. The highest BCUT2D eigenvalue weighted by atomic mass is 35.5. The maximum atomic E-state index is 11.9. The Balaban J connectivity index is 1.76. The minimum absolute atomic E-state index is 0.220. The van der Waals surface area contributed by atoms with Crippen molar-refractivity contribution in [2.24, 2.45) is 0 Å². The van der Waals surface area contributed by atoms with Gasteiger partial charge in [-0.05, 0) is 31.2 Å². The second-order valence-electron chi connectivity index (χ2n) is 4.61. The summed E-state index contributed by atoms with van der Waals surface area (Å²) >= 11 is 6.10. The molecule has 1 atom stereocenters. The first-order valence-corrected chi connectivity index (χ1v) is 6.96. The molecule has 0 radical (unpaired) electrons. The van der Waals surface area contributed by atoms with Gasteiger partial charge < -0.3 is 14.3 Å². The fourth-order valence-corrected chi connectivity index (χ4v) is 2.12.